The summed E-state index contributed by atoms with van der Waals surface area (Å²) in [5.41, 5.74) is 3.33. The predicted molar refractivity (Wildman–Crippen MR) is 91.9 cm³/mol. The summed E-state index contributed by atoms with van der Waals surface area (Å²) in [5.74, 6) is 0.446. The smallest absolute Gasteiger partial charge is 0.225 e. The van der Waals surface area contributed by atoms with E-state index in [0.29, 0.717) is 18.9 Å². The van der Waals surface area contributed by atoms with Crippen molar-refractivity contribution in [3.8, 4) is 0 Å². The Morgan fingerprint density at radius 3 is 2.41 bits per heavy atom. The molecule has 0 aliphatic carbocycles. The van der Waals surface area contributed by atoms with Crippen molar-refractivity contribution in [2.24, 2.45) is 0 Å². The summed E-state index contributed by atoms with van der Waals surface area (Å²) in [5, 5.41) is 6.31. The quantitative estimate of drug-likeness (QED) is 0.760. The largest absolute Gasteiger partial charge is 0.326 e. The van der Waals surface area contributed by atoms with Crippen LogP contribution in [0.4, 0.5) is 5.69 Å². The summed E-state index contributed by atoms with van der Waals surface area (Å²) in [6.07, 6.45) is 0.471. The van der Waals surface area contributed by atoms with Crippen LogP contribution in [0.25, 0.3) is 0 Å². The lowest BCUT2D eigenvalue weighted by molar-refractivity contribution is -0.116. The molecule has 0 aliphatic rings. The molecule has 22 heavy (non-hydrogen) atoms. The van der Waals surface area contributed by atoms with Crippen molar-refractivity contribution in [1.29, 1.82) is 0 Å². The molecule has 3 heteroatoms. The number of amides is 1. The third-order valence-corrected chi connectivity index (χ3v) is 3.56. The molecule has 0 bridgehead atoms. The van der Waals surface area contributed by atoms with E-state index in [2.05, 4.69) is 42.7 Å². The molecule has 2 rings (SSSR count). The van der Waals surface area contributed by atoms with E-state index in [1.165, 1.54) is 11.1 Å². The number of carbonyl (C=O) groups is 1. The number of anilines is 1. The van der Waals surface area contributed by atoms with Crippen LogP contribution in [-0.4, -0.2) is 12.5 Å². The van der Waals surface area contributed by atoms with Crippen LogP contribution in [0.2, 0.25) is 0 Å². The van der Waals surface area contributed by atoms with Crippen molar-refractivity contribution >= 4 is 11.6 Å². The second-order valence-electron chi connectivity index (χ2n) is 5.70. The molecule has 0 radical (unpaired) electrons. The molecule has 0 saturated heterocycles. The number of hydrogen-bond acceptors (Lipinski definition) is 2. The van der Waals surface area contributed by atoms with E-state index in [0.717, 1.165) is 12.2 Å². The average molecular weight is 296 g/mol. The zero-order chi connectivity index (χ0) is 15.8. The SMILES string of the molecule is CC(C)c1ccccc1NC(=O)CCNCc1ccccc1. The van der Waals surface area contributed by atoms with Gasteiger partial charge in [0, 0.05) is 25.2 Å². The maximum absolute atomic E-state index is 12.0. The number of rotatable bonds is 7. The minimum atomic E-state index is 0.0497. The Hall–Kier alpha value is -2.13. The van der Waals surface area contributed by atoms with E-state index in [1.54, 1.807) is 0 Å². The van der Waals surface area contributed by atoms with Crippen LogP contribution in [0.1, 0.15) is 37.3 Å². The van der Waals surface area contributed by atoms with Crippen LogP contribution in [0.5, 0.6) is 0 Å². The van der Waals surface area contributed by atoms with Gasteiger partial charge in [0.15, 0.2) is 0 Å². The monoisotopic (exact) mass is 296 g/mol. The van der Waals surface area contributed by atoms with Gasteiger partial charge in [0.2, 0.25) is 5.91 Å². The highest BCUT2D eigenvalue weighted by Gasteiger charge is 2.08. The fourth-order valence-electron chi connectivity index (χ4n) is 2.36. The van der Waals surface area contributed by atoms with Gasteiger partial charge in [0.25, 0.3) is 0 Å². The molecule has 0 fully saturated rings. The second-order valence-corrected chi connectivity index (χ2v) is 5.70. The Bertz CT molecular complexity index is 593. The van der Waals surface area contributed by atoms with Crippen LogP contribution >= 0.6 is 0 Å². The summed E-state index contributed by atoms with van der Waals surface area (Å²) in [6, 6.07) is 18.2. The van der Waals surface area contributed by atoms with Gasteiger partial charge in [0.1, 0.15) is 0 Å². The van der Waals surface area contributed by atoms with Crippen molar-refractivity contribution in [3.63, 3.8) is 0 Å². The van der Waals surface area contributed by atoms with E-state index in [-0.39, 0.29) is 5.91 Å². The first-order valence-corrected chi connectivity index (χ1v) is 7.80. The molecule has 0 saturated carbocycles. The van der Waals surface area contributed by atoms with Gasteiger partial charge < -0.3 is 10.6 Å². The lowest BCUT2D eigenvalue weighted by Gasteiger charge is -2.13. The standard InChI is InChI=1S/C19H24N2O/c1-15(2)17-10-6-7-11-18(17)21-19(22)12-13-20-14-16-8-4-3-5-9-16/h3-11,15,20H,12-14H2,1-2H3,(H,21,22). The van der Waals surface area contributed by atoms with E-state index in [9.17, 15) is 4.79 Å². The Morgan fingerprint density at radius 1 is 1.00 bits per heavy atom. The highest BCUT2D eigenvalue weighted by atomic mass is 16.1. The summed E-state index contributed by atoms with van der Waals surface area (Å²) < 4.78 is 0. The van der Waals surface area contributed by atoms with Crippen LogP contribution < -0.4 is 10.6 Å². The first-order valence-electron chi connectivity index (χ1n) is 7.80. The minimum absolute atomic E-state index is 0.0497. The van der Waals surface area contributed by atoms with Crippen molar-refractivity contribution in [3.05, 3.63) is 65.7 Å². The van der Waals surface area contributed by atoms with Crippen molar-refractivity contribution in [2.75, 3.05) is 11.9 Å². The van der Waals surface area contributed by atoms with Gasteiger partial charge >= 0.3 is 0 Å². The van der Waals surface area contributed by atoms with E-state index in [4.69, 9.17) is 0 Å². The van der Waals surface area contributed by atoms with Gasteiger partial charge in [-0.1, -0.05) is 62.4 Å². The normalized spacial score (nSPS) is 10.7. The van der Waals surface area contributed by atoms with Gasteiger partial charge in [-0.05, 0) is 23.1 Å². The molecule has 3 nitrogen and oxygen atoms in total. The average Bonchev–Trinajstić information content (AvgIpc) is 2.53. The maximum Gasteiger partial charge on any atom is 0.225 e. The molecule has 0 aliphatic heterocycles. The van der Waals surface area contributed by atoms with Crippen LogP contribution in [0, 0.1) is 0 Å². The minimum Gasteiger partial charge on any atom is -0.326 e. The number of nitrogens with one attached hydrogen (secondary N) is 2. The third kappa shape index (κ3) is 5.01. The molecule has 0 atom stereocenters. The first kappa shape index (κ1) is 16.2. The Kier molecular flexibility index (Phi) is 6.16. The van der Waals surface area contributed by atoms with Crippen LogP contribution in [-0.2, 0) is 11.3 Å². The molecule has 0 unspecified atom stereocenters. The van der Waals surface area contributed by atoms with Gasteiger partial charge in [0.05, 0.1) is 0 Å². The Labute approximate surface area is 132 Å². The molecular weight excluding hydrogens is 272 g/mol. The number of hydrogen-bond donors (Lipinski definition) is 2. The zero-order valence-electron chi connectivity index (χ0n) is 13.3. The van der Waals surface area contributed by atoms with Crippen molar-refractivity contribution in [2.45, 2.75) is 32.7 Å². The molecule has 2 aromatic carbocycles. The van der Waals surface area contributed by atoms with Gasteiger partial charge in [-0.3, -0.25) is 4.79 Å². The fourth-order valence-corrected chi connectivity index (χ4v) is 2.36. The molecule has 0 spiro atoms. The zero-order valence-corrected chi connectivity index (χ0v) is 13.3. The molecule has 2 N–H and O–H groups in total. The lowest BCUT2D eigenvalue weighted by Crippen LogP contribution is -2.22. The summed E-state index contributed by atoms with van der Waals surface area (Å²) in [4.78, 5) is 12.0. The first-order chi connectivity index (χ1) is 10.7. The van der Waals surface area contributed by atoms with Gasteiger partial charge in [-0.2, -0.15) is 0 Å². The number of para-hydroxylation sites is 1. The number of carbonyl (C=O) groups excluding carboxylic acids is 1. The van der Waals surface area contributed by atoms with E-state index >= 15 is 0 Å². The van der Waals surface area contributed by atoms with Crippen LogP contribution in [0.3, 0.4) is 0 Å². The van der Waals surface area contributed by atoms with Gasteiger partial charge in [-0.15, -0.1) is 0 Å². The fraction of sp³-hybridized carbons (Fsp3) is 0.316. The Morgan fingerprint density at radius 2 is 1.68 bits per heavy atom. The van der Waals surface area contributed by atoms with Crippen molar-refractivity contribution in [1.82, 2.24) is 5.32 Å². The lowest BCUT2D eigenvalue weighted by atomic mass is 10.0. The topological polar surface area (TPSA) is 41.1 Å². The number of benzene rings is 2. The summed E-state index contributed by atoms with van der Waals surface area (Å²) >= 11 is 0. The second kappa shape index (κ2) is 8.35. The molecule has 1 amide bonds. The highest BCUT2D eigenvalue weighted by molar-refractivity contribution is 5.91. The molecule has 116 valence electrons. The molecule has 0 heterocycles. The predicted octanol–water partition coefficient (Wildman–Crippen LogP) is 3.93. The highest BCUT2D eigenvalue weighted by Crippen LogP contribution is 2.23. The Balaban J connectivity index is 1.77. The van der Waals surface area contributed by atoms with E-state index < -0.39 is 0 Å². The molecule has 2 aromatic rings. The third-order valence-electron chi connectivity index (χ3n) is 3.56. The summed E-state index contributed by atoms with van der Waals surface area (Å²) in [6.45, 7) is 5.72. The van der Waals surface area contributed by atoms with Crippen molar-refractivity contribution < 1.29 is 4.79 Å². The van der Waals surface area contributed by atoms with Crippen LogP contribution in [0.15, 0.2) is 54.6 Å². The van der Waals surface area contributed by atoms with Gasteiger partial charge in [-0.25, -0.2) is 0 Å². The van der Waals surface area contributed by atoms with E-state index in [1.807, 2.05) is 36.4 Å². The maximum atomic E-state index is 12.0. The summed E-state index contributed by atoms with van der Waals surface area (Å²) in [7, 11) is 0. The molecule has 0 aromatic heterocycles. The molecular formula is C19H24N2O.